The van der Waals surface area contributed by atoms with Crippen molar-refractivity contribution in [1.29, 1.82) is 5.26 Å². The van der Waals surface area contributed by atoms with Gasteiger partial charge in [-0.3, -0.25) is 4.79 Å². The first kappa shape index (κ1) is 19.9. The fraction of sp³-hybridized carbons (Fsp3) is 0.100. The lowest BCUT2D eigenvalue weighted by Gasteiger charge is -2.12. The Morgan fingerprint density at radius 3 is 2.43 bits per heavy atom. The lowest BCUT2D eigenvalue weighted by Crippen LogP contribution is -2.20. The molecule has 3 rings (SSSR count). The Bertz CT molecular complexity index is 1240. The second-order valence-corrected chi connectivity index (χ2v) is 8.87. The maximum Gasteiger partial charge on any atom is 0.268 e. The van der Waals surface area contributed by atoms with Gasteiger partial charge in [0.05, 0.1) is 10.4 Å². The summed E-state index contributed by atoms with van der Waals surface area (Å²) in [5, 5.41) is 9.98. The van der Waals surface area contributed by atoms with Gasteiger partial charge in [0.2, 0.25) is 5.78 Å². The number of hydrogen-bond acceptors (Lipinski definition) is 5. The first-order valence-corrected chi connectivity index (χ1v) is 10.4. The quantitative estimate of drug-likeness (QED) is 0.330. The molecule has 0 aliphatic carbocycles. The van der Waals surface area contributed by atoms with E-state index in [1.807, 2.05) is 6.07 Å². The number of carbonyl (C=O) groups excluding carboxylic acids is 1. The molecule has 6 nitrogen and oxygen atoms in total. The standard InChI is InChI=1S/C20H16BrN3O3S/c1-23(2)13-14(12-22)20(25)19-11-16-17(21)9-6-10-18(16)24(19)28(26,27)15-7-4-3-5-8-15/h3-11,13H,1-2H3. The summed E-state index contributed by atoms with van der Waals surface area (Å²) >= 11 is 3.40. The number of benzene rings is 2. The number of Topliss-reactive ketones (excluding diaryl/α,β-unsaturated/α-hetero) is 1. The van der Waals surface area contributed by atoms with E-state index >= 15 is 0 Å². The summed E-state index contributed by atoms with van der Waals surface area (Å²) in [6, 6.07) is 16.3. The highest BCUT2D eigenvalue weighted by Gasteiger charge is 2.28. The molecule has 0 saturated carbocycles. The van der Waals surface area contributed by atoms with Gasteiger partial charge in [-0.25, -0.2) is 12.4 Å². The van der Waals surface area contributed by atoms with Crippen molar-refractivity contribution in [1.82, 2.24) is 8.87 Å². The summed E-state index contributed by atoms with van der Waals surface area (Å²) < 4.78 is 28.4. The number of halogens is 1. The summed E-state index contributed by atoms with van der Waals surface area (Å²) in [4.78, 5) is 14.7. The van der Waals surface area contributed by atoms with Gasteiger partial charge >= 0.3 is 0 Å². The predicted molar refractivity (Wildman–Crippen MR) is 110 cm³/mol. The Morgan fingerprint density at radius 1 is 1.14 bits per heavy atom. The minimum Gasteiger partial charge on any atom is -0.382 e. The largest absolute Gasteiger partial charge is 0.382 e. The van der Waals surface area contributed by atoms with E-state index in [0.717, 1.165) is 3.97 Å². The lowest BCUT2D eigenvalue weighted by atomic mass is 10.1. The normalized spacial score (nSPS) is 12.0. The number of ketones is 1. The van der Waals surface area contributed by atoms with Crippen molar-refractivity contribution in [2.75, 3.05) is 14.1 Å². The van der Waals surface area contributed by atoms with Crippen molar-refractivity contribution in [3.05, 3.63) is 76.5 Å². The van der Waals surface area contributed by atoms with Gasteiger partial charge < -0.3 is 4.90 Å². The Hall–Kier alpha value is -2.89. The molecule has 0 bridgehead atoms. The van der Waals surface area contributed by atoms with Crippen LogP contribution in [-0.4, -0.2) is 37.2 Å². The molecule has 0 aliphatic heterocycles. The number of hydrogen-bond donors (Lipinski definition) is 0. The van der Waals surface area contributed by atoms with E-state index in [-0.39, 0.29) is 16.2 Å². The van der Waals surface area contributed by atoms with Gasteiger partial charge in [0.25, 0.3) is 10.0 Å². The van der Waals surface area contributed by atoms with Crippen LogP contribution in [0.3, 0.4) is 0 Å². The Balaban J connectivity index is 2.37. The van der Waals surface area contributed by atoms with Crippen molar-refractivity contribution in [2.45, 2.75) is 4.90 Å². The average Bonchev–Trinajstić information content (AvgIpc) is 3.08. The fourth-order valence-corrected chi connectivity index (χ4v) is 4.81. The Morgan fingerprint density at radius 2 is 1.82 bits per heavy atom. The fourth-order valence-electron chi connectivity index (χ4n) is 2.82. The SMILES string of the molecule is CN(C)C=C(C#N)C(=O)c1cc2c(Br)cccc2n1S(=O)(=O)c1ccccc1. The van der Waals surface area contributed by atoms with E-state index < -0.39 is 15.8 Å². The second kappa shape index (κ2) is 7.62. The predicted octanol–water partition coefficient (Wildman–Crippen LogP) is 3.79. The monoisotopic (exact) mass is 457 g/mol. The third-order valence-electron chi connectivity index (χ3n) is 4.01. The molecule has 142 valence electrons. The zero-order chi connectivity index (χ0) is 20.5. The van der Waals surface area contributed by atoms with Crippen molar-refractivity contribution in [2.24, 2.45) is 0 Å². The van der Waals surface area contributed by atoms with Gasteiger partial charge in [0.15, 0.2) is 0 Å². The highest BCUT2D eigenvalue weighted by Crippen LogP contribution is 2.31. The van der Waals surface area contributed by atoms with E-state index in [2.05, 4.69) is 15.9 Å². The van der Waals surface area contributed by atoms with Gasteiger partial charge in [-0.05, 0) is 30.3 Å². The number of aromatic nitrogens is 1. The van der Waals surface area contributed by atoms with E-state index in [4.69, 9.17) is 0 Å². The molecular weight excluding hydrogens is 442 g/mol. The summed E-state index contributed by atoms with van der Waals surface area (Å²) in [6.07, 6.45) is 1.37. The van der Waals surface area contributed by atoms with Crippen LogP contribution >= 0.6 is 15.9 Å². The molecule has 0 spiro atoms. The number of rotatable bonds is 5. The van der Waals surface area contributed by atoms with E-state index in [9.17, 15) is 18.5 Å². The number of nitriles is 1. The first-order chi connectivity index (χ1) is 13.3. The van der Waals surface area contributed by atoms with E-state index in [1.54, 1.807) is 55.4 Å². The van der Waals surface area contributed by atoms with Crippen LogP contribution in [0.25, 0.3) is 10.9 Å². The van der Waals surface area contributed by atoms with Gasteiger partial charge in [0, 0.05) is 30.2 Å². The van der Waals surface area contributed by atoms with Crippen molar-refractivity contribution in [3.8, 4) is 6.07 Å². The van der Waals surface area contributed by atoms with Crippen LogP contribution in [0.5, 0.6) is 0 Å². The van der Waals surface area contributed by atoms with Gasteiger partial charge in [-0.1, -0.05) is 40.2 Å². The van der Waals surface area contributed by atoms with Gasteiger partial charge in [0.1, 0.15) is 17.3 Å². The molecule has 0 fully saturated rings. The minimum atomic E-state index is -4.06. The molecule has 2 aromatic carbocycles. The third-order valence-corrected chi connectivity index (χ3v) is 6.45. The molecule has 0 saturated heterocycles. The smallest absolute Gasteiger partial charge is 0.268 e. The molecule has 0 unspecified atom stereocenters. The third kappa shape index (κ3) is 3.46. The molecule has 0 aliphatic rings. The van der Waals surface area contributed by atoms with Crippen LogP contribution < -0.4 is 0 Å². The molecule has 0 N–H and O–H groups in total. The molecule has 0 radical (unpaired) electrons. The molecule has 3 aromatic rings. The van der Waals surface area contributed by atoms with Crippen molar-refractivity contribution in [3.63, 3.8) is 0 Å². The highest BCUT2D eigenvalue weighted by molar-refractivity contribution is 9.10. The zero-order valence-corrected chi connectivity index (χ0v) is 17.5. The number of nitrogens with zero attached hydrogens (tertiary/aromatic N) is 3. The summed E-state index contributed by atoms with van der Waals surface area (Å²) in [6.45, 7) is 0. The Kier molecular flexibility index (Phi) is 5.40. The van der Waals surface area contributed by atoms with Gasteiger partial charge in [-0.2, -0.15) is 5.26 Å². The maximum atomic E-state index is 13.4. The highest BCUT2D eigenvalue weighted by atomic mass is 79.9. The lowest BCUT2D eigenvalue weighted by molar-refractivity contribution is 0.103. The molecule has 0 atom stereocenters. The summed E-state index contributed by atoms with van der Waals surface area (Å²) in [5.41, 5.74) is 0.0950. The summed E-state index contributed by atoms with van der Waals surface area (Å²) in [7, 11) is -0.704. The van der Waals surface area contributed by atoms with Crippen molar-refractivity contribution >= 4 is 42.6 Å². The molecular formula is C20H16BrN3O3S. The van der Waals surface area contributed by atoms with Crippen LogP contribution in [0.4, 0.5) is 0 Å². The molecule has 1 heterocycles. The van der Waals surface area contributed by atoms with E-state index in [1.165, 1.54) is 24.4 Å². The second-order valence-electron chi connectivity index (χ2n) is 6.23. The van der Waals surface area contributed by atoms with Crippen molar-refractivity contribution < 1.29 is 13.2 Å². The zero-order valence-electron chi connectivity index (χ0n) is 15.1. The first-order valence-electron chi connectivity index (χ1n) is 8.21. The average molecular weight is 458 g/mol. The molecule has 8 heteroatoms. The molecule has 0 amide bonds. The number of allylic oxidation sites excluding steroid dienone is 1. The number of fused-ring (bicyclic) bond motifs is 1. The van der Waals surface area contributed by atoms with Crippen LogP contribution in [0.15, 0.2) is 75.7 Å². The molecule has 28 heavy (non-hydrogen) atoms. The maximum absolute atomic E-state index is 13.4. The summed E-state index contributed by atoms with van der Waals surface area (Å²) in [5.74, 6) is -0.668. The topological polar surface area (TPSA) is 83.2 Å². The number of carbonyl (C=O) groups is 1. The van der Waals surface area contributed by atoms with E-state index in [0.29, 0.717) is 15.4 Å². The van der Waals surface area contributed by atoms with Crippen LogP contribution in [0, 0.1) is 11.3 Å². The van der Waals surface area contributed by atoms with Crippen LogP contribution in [0.2, 0.25) is 0 Å². The van der Waals surface area contributed by atoms with Crippen LogP contribution in [0.1, 0.15) is 10.5 Å². The molecule has 1 aromatic heterocycles. The minimum absolute atomic E-state index is 0.0524. The Labute approximate surface area is 171 Å². The van der Waals surface area contributed by atoms with Crippen LogP contribution in [-0.2, 0) is 10.0 Å². The van der Waals surface area contributed by atoms with Gasteiger partial charge in [-0.15, -0.1) is 0 Å².